The third-order valence-electron chi connectivity index (χ3n) is 6.22. The van der Waals surface area contributed by atoms with Gasteiger partial charge in [-0.2, -0.15) is 0 Å². The van der Waals surface area contributed by atoms with Crippen molar-refractivity contribution in [3.63, 3.8) is 0 Å². The van der Waals surface area contributed by atoms with E-state index < -0.39 is 0 Å². The first-order chi connectivity index (χ1) is 12.2. The van der Waals surface area contributed by atoms with Crippen LogP contribution in [0.25, 0.3) is 0 Å². The molecule has 3 fully saturated rings. The van der Waals surface area contributed by atoms with Gasteiger partial charge in [-0.15, -0.1) is 0 Å². The summed E-state index contributed by atoms with van der Waals surface area (Å²) in [5, 5.41) is 3.34. The number of nitrogens with one attached hydrogen (secondary N) is 1. The fourth-order valence-corrected chi connectivity index (χ4v) is 4.76. The third kappa shape index (κ3) is 3.73. The molecule has 5 heteroatoms. The highest BCUT2D eigenvalue weighted by Crippen LogP contribution is 2.32. The maximum Gasteiger partial charge on any atom is 0.239 e. The molecule has 0 bridgehead atoms. The van der Waals surface area contributed by atoms with Gasteiger partial charge in [-0.05, 0) is 49.8 Å². The fourth-order valence-electron chi connectivity index (χ4n) is 4.76. The van der Waals surface area contributed by atoms with Gasteiger partial charge in [-0.1, -0.05) is 30.3 Å². The van der Waals surface area contributed by atoms with E-state index in [9.17, 15) is 4.79 Å². The summed E-state index contributed by atoms with van der Waals surface area (Å²) < 4.78 is 0. The van der Waals surface area contributed by atoms with Crippen LogP contribution in [-0.4, -0.2) is 61.0 Å². The molecule has 3 saturated heterocycles. The van der Waals surface area contributed by atoms with Crippen LogP contribution in [0.1, 0.15) is 30.9 Å². The van der Waals surface area contributed by atoms with Crippen LogP contribution < -0.4 is 11.1 Å². The second kappa shape index (κ2) is 7.44. The van der Waals surface area contributed by atoms with E-state index in [2.05, 4.69) is 39.4 Å². The Balaban J connectivity index is 1.23. The predicted molar refractivity (Wildman–Crippen MR) is 99.0 cm³/mol. The summed E-state index contributed by atoms with van der Waals surface area (Å²) in [7, 11) is 0. The summed E-state index contributed by atoms with van der Waals surface area (Å²) in [6, 6.07) is 10.6. The van der Waals surface area contributed by atoms with Crippen LogP contribution in [0.15, 0.2) is 30.3 Å². The van der Waals surface area contributed by atoms with Crippen molar-refractivity contribution in [2.24, 2.45) is 17.6 Å². The van der Waals surface area contributed by atoms with Crippen molar-refractivity contribution in [3.05, 3.63) is 35.9 Å². The zero-order valence-corrected chi connectivity index (χ0v) is 14.9. The van der Waals surface area contributed by atoms with Gasteiger partial charge >= 0.3 is 0 Å². The number of nitrogens with two attached hydrogens (primary N) is 1. The molecule has 1 aromatic carbocycles. The number of nitrogens with zero attached hydrogens (tertiary/aromatic N) is 2. The Morgan fingerprint density at radius 1 is 1.16 bits per heavy atom. The van der Waals surface area contributed by atoms with E-state index in [0.717, 1.165) is 58.5 Å². The van der Waals surface area contributed by atoms with Crippen molar-refractivity contribution in [2.45, 2.75) is 31.3 Å². The lowest BCUT2D eigenvalue weighted by Gasteiger charge is -2.24. The predicted octanol–water partition coefficient (Wildman–Crippen LogP) is 1.22. The van der Waals surface area contributed by atoms with Crippen molar-refractivity contribution in [1.29, 1.82) is 0 Å². The number of fused-ring (bicyclic) bond motifs is 1. The van der Waals surface area contributed by atoms with E-state index in [1.54, 1.807) is 0 Å². The van der Waals surface area contributed by atoms with Gasteiger partial charge in [0.2, 0.25) is 5.91 Å². The second-order valence-corrected chi connectivity index (χ2v) is 7.98. The molecule has 0 aliphatic carbocycles. The Morgan fingerprint density at radius 3 is 2.52 bits per heavy atom. The lowest BCUT2D eigenvalue weighted by atomic mass is 10.0. The monoisotopic (exact) mass is 342 g/mol. The van der Waals surface area contributed by atoms with Gasteiger partial charge in [0.05, 0.1) is 6.04 Å². The molecule has 25 heavy (non-hydrogen) atoms. The Bertz CT molecular complexity index is 573. The minimum absolute atomic E-state index is 0.0822. The molecule has 4 rings (SSSR count). The molecule has 5 nitrogen and oxygen atoms in total. The summed E-state index contributed by atoms with van der Waals surface area (Å²) in [6.45, 7) is 6.18. The van der Waals surface area contributed by atoms with Crippen LogP contribution in [-0.2, 0) is 4.79 Å². The molecular weight excluding hydrogens is 312 g/mol. The first-order valence-electron chi connectivity index (χ1n) is 9.76. The van der Waals surface area contributed by atoms with Gasteiger partial charge in [-0.25, -0.2) is 0 Å². The number of hydrogen-bond acceptors (Lipinski definition) is 4. The number of likely N-dealkylation sites (tertiary alicyclic amines) is 2. The molecule has 0 spiro atoms. The molecule has 0 radical (unpaired) electrons. The van der Waals surface area contributed by atoms with Crippen molar-refractivity contribution in [3.8, 4) is 0 Å². The molecule has 4 atom stereocenters. The molecular formula is C20H30N4O. The van der Waals surface area contributed by atoms with E-state index in [1.165, 1.54) is 5.56 Å². The third-order valence-corrected chi connectivity index (χ3v) is 6.22. The highest BCUT2D eigenvalue weighted by Gasteiger charge is 2.42. The Kier molecular flexibility index (Phi) is 5.06. The summed E-state index contributed by atoms with van der Waals surface area (Å²) in [4.78, 5) is 17.2. The van der Waals surface area contributed by atoms with Crippen molar-refractivity contribution < 1.29 is 4.79 Å². The van der Waals surface area contributed by atoms with Gasteiger partial charge < -0.3 is 20.9 Å². The average Bonchev–Trinajstić information content (AvgIpc) is 3.35. The highest BCUT2D eigenvalue weighted by molar-refractivity contribution is 5.82. The number of carbonyl (C=O) groups is 1. The Labute approximate surface area is 150 Å². The summed E-state index contributed by atoms with van der Waals surface area (Å²) >= 11 is 0. The van der Waals surface area contributed by atoms with Gasteiger partial charge in [-0.3, -0.25) is 4.79 Å². The molecule has 1 amide bonds. The van der Waals surface area contributed by atoms with Crippen molar-refractivity contribution in [1.82, 2.24) is 15.1 Å². The Morgan fingerprint density at radius 2 is 1.88 bits per heavy atom. The van der Waals surface area contributed by atoms with Crippen LogP contribution in [0.5, 0.6) is 0 Å². The minimum Gasteiger partial charge on any atom is -0.341 e. The Hall–Kier alpha value is -1.43. The maximum absolute atomic E-state index is 12.6. The van der Waals surface area contributed by atoms with E-state index in [-0.39, 0.29) is 12.1 Å². The summed E-state index contributed by atoms with van der Waals surface area (Å²) in [6.07, 6.45) is 3.14. The fraction of sp³-hybridized carbons (Fsp3) is 0.650. The number of rotatable bonds is 5. The zero-order valence-electron chi connectivity index (χ0n) is 14.9. The van der Waals surface area contributed by atoms with Gasteiger partial charge in [0.15, 0.2) is 0 Å². The standard InChI is InChI=1S/C20H30N4O/c21-18(15-5-2-1-3-6-15)8-10-23-11-16-13-24(14-17(16)12-23)20(25)19-7-4-9-22-19/h1-3,5-6,16-19,22H,4,7-14,21H2/t16?,17?,18-,19-/m0/s1. The van der Waals surface area contributed by atoms with Gasteiger partial charge in [0, 0.05) is 32.2 Å². The molecule has 0 aromatic heterocycles. The maximum atomic E-state index is 12.6. The highest BCUT2D eigenvalue weighted by atomic mass is 16.2. The molecule has 0 saturated carbocycles. The van der Waals surface area contributed by atoms with E-state index in [1.807, 2.05) is 6.07 Å². The quantitative estimate of drug-likeness (QED) is 0.845. The number of benzene rings is 1. The average molecular weight is 342 g/mol. The van der Waals surface area contributed by atoms with Crippen LogP contribution in [0.2, 0.25) is 0 Å². The lowest BCUT2D eigenvalue weighted by Crippen LogP contribution is -2.43. The van der Waals surface area contributed by atoms with Gasteiger partial charge in [0.25, 0.3) is 0 Å². The molecule has 3 aliphatic rings. The molecule has 1 aromatic rings. The summed E-state index contributed by atoms with van der Waals surface area (Å²) in [5.74, 6) is 1.64. The van der Waals surface area contributed by atoms with Crippen LogP contribution in [0.3, 0.4) is 0 Å². The summed E-state index contributed by atoms with van der Waals surface area (Å²) in [5.41, 5.74) is 7.56. The largest absolute Gasteiger partial charge is 0.341 e. The number of carbonyl (C=O) groups excluding carboxylic acids is 1. The first-order valence-corrected chi connectivity index (χ1v) is 9.76. The van der Waals surface area contributed by atoms with Crippen LogP contribution in [0, 0.1) is 11.8 Å². The normalized spacial score (nSPS) is 30.6. The number of hydrogen-bond donors (Lipinski definition) is 2. The smallest absolute Gasteiger partial charge is 0.239 e. The first kappa shape index (κ1) is 17.0. The van der Waals surface area contributed by atoms with E-state index in [4.69, 9.17) is 5.73 Å². The van der Waals surface area contributed by atoms with Crippen LogP contribution in [0.4, 0.5) is 0 Å². The van der Waals surface area contributed by atoms with Gasteiger partial charge in [0.1, 0.15) is 0 Å². The van der Waals surface area contributed by atoms with Crippen molar-refractivity contribution >= 4 is 5.91 Å². The van der Waals surface area contributed by atoms with E-state index in [0.29, 0.717) is 17.7 Å². The molecule has 3 heterocycles. The topological polar surface area (TPSA) is 61.6 Å². The van der Waals surface area contributed by atoms with Crippen LogP contribution >= 0.6 is 0 Å². The minimum atomic E-state index is 0.0822. The molecule has 3 N–H and O–H groups in total. The second-order valence-electron chi connectivity index (χ2n) is 7.98. The van der Waals surface area contributed by atoms with Crippen molar-refractivity contribution in [2.75, 3.05) is 39.3 Å². The number of amides is 1. The molecule has 2 unspecified atom stereocenters. The molecule has 136 valence electrons. The van der Waals surface area contributed by atoms with E-state index >= 15 is 0 Å². The molecule has 3 aliphatic heterocycles. The zero-order chi connectivity index (χ0) is 17.2. The SMILES string of the molecule is N[C@@H](CCN1CC2CN(C(=O)[C@@H]3CCCN3)CC2C1)c1ccccc1. The lowest BCUT2D eigenvalue weighted by molar-refractivity contribution is -0.132.